The van der Waals surface area contributed by atoms with Gasteiger partial charge in [-0.3, -0.25) is 0 Å². The van der Waals surface area contributed by atoms with Gasteiger partial charge in [0.2, 0.25) is 0 Å². The van der Waals surface area contributed by atoms with E-state index in [1.807, 2.05) is 17.5 Å². The van der Waals surface area contributed by atoms with Crippen LogP contribution in [0.15, 0.2) is 6.20 Å². The third kappa shape index (κ3) is 3.76. The van der Waals surface area contributed by atoms with Crippen molar-refractivity contribution in [2.45, 2.75) is 40.2 Å². The van der Waals surface area contributed by atoms with E-state index in [0.29, 0.717) is 0 Å². The van der Waals surface area contributed by atoms with E-state index in [0.717, 1.165) is 25.4 Å². The first-order valence-electron chi connectivity index (χ1n) is 5.40. The number of hydrogen-bond donors (Lipinski definition) is 1. The highest BCUT2D eigenvalue weighted by atomic mass is 32.1. The van der Waals surface area contributed by atoms with Crippen molar-refractivity contribution in [3.63, 3.8) is 0 Å². The maximum absolute atomic E-state index is 4.33. The van der Waals surface area contributed by atoms with Gasteiger partial charge in [0.1, 0.15) is 0 Å². The molecule has 0 fully saturated rings. The van der Waals surface area contributed by atoms with Gasteiger partial charge in [-0.15, -0.1) is 11.3 Å². The minimum atomic E-state index is 0.772. The molecule has 1 N–H and O–H groups in total. The van der Waals surface area contributed by atoms with Crippen LogP contribution in [0.1, 0.15) is 37.1 Å². The number of nitrogens with one attached hydrogen (secondary N) is 1. The average Bonchev–Trinajstić information content (AvgIpc) is 2.65. The third-order valence-electron chi connectivity index (χ3n) is 2.39. The second kappa shape index (κ2) is 6.14. The van der Waals surface area contributed by atoms with Gasteiger partial charge in [0, 0.05) is 17.6 Å². The normalized spacial score (nSPS) is 13.1. The van der Waals surface area contributed by atoms with E-state index < -0.39 is 0 Å². The number of aromatic nitrogens is 1. The monoisotopic (exact) mass is 212 g/mol. The highest BCUT2D eigenvalue weighted by Crippen LogP contribution is 2.12. The highest BCUT2D eigenvalue weighted by Gasteiger charge is 2.01. The van der Waals surface area contributed by atoms with Crippen LogP contribution in [0.2, 0.25) is 0 Å². The molecule has 0 bridgehead atoms. The second-order valence-electron chi connectivity index (χ2n) is 3.72. The Hall–Kier alpha value is -0.410. The van der Waals surface area contributed by atoms with Crippen molar-refractivity contribution in [1.29, 1.82) is 0 Å². The summed E-state index contributed by atoms with van der Waals surface area (Å²) in [6.07, 6.45) is 4.29. The van der Waals surface area contributed by atoms with E-state index >= 15 is 0 Å². The van der Waals surface area contributed by atoms with Crippen LogP contribution in [0.25, 0.3) is 0 Å². The molecular weight excluding hydrogens is 192 g/mol. The van der Waals surface area contributed by atoms with Crippen LogP contribution < -0.4 is 5.32 Å². The molecule has 1 atom stereocenters. The maximum Gasteiger partial charge on any atom is 0.0925 e. The molecule has 1 unspecified atom stereocenters. The fourth-order valence-corrected chi connectivity index (χ4v) is 2.01. The fourth-order valence-electron chi connectivity index (χ4n) is 1.18. The lowest BCUT2D eigenvalue weighted by Gasteiger charge is -2.08. The summed E-state index contributed by atoms with van der Waals surface area (Å²) in [5.41, 5.74) is 0. The van der Waals surface area contributed by atoms with Crippen LogP contribution in [0.5, 0.6) is 0 Å². The Labute approximate surface area is 90.8 Å². The molecule has 0 aliphatic heterocycles. The number of hydrogen-bond acceptors (Lipinski definition) is 3. The minimum Gasteiger partial charge on any atom is -0.312 e. The Morgan fingerprint density at radius 2 is 2.29 bits per heavy atom. The van der Waals surface area contributed by atoms with Crippen molar-refractivity contribution in [1.82, 2.24) is 10.3 Å². The molecule has 3 heteroatoms. The van der Waals surface area contributed by atoms with E-state index in [1.165, 1.54) is 16.3 Å². The molecule has 14 heavy (non-hydrogen) atoms. The van der Waals surface area contributed by atoms with Gasteiger partial charge in [-0.1, -0.05) is 27.2 Å². The first-order chi connectivity index (χ1) is 6.76. The first-order valence-corrected chi connectivity index (χ1v) is 6.22. The molecule has 0 aromatic carbocycles. The van der Waals surface area contributed by atoms with E-state index in [4.69, 9.17) is 0 Å². The molecular formula is C11H20N2S. The lowest BCUT2D eigenvalue weighted by Crippen LogP contribution is -2.19. The van der Waals surface area contributed by atoms with Gasteiger partial charge in [0.05, 0.1) is 5.01 Å². The van der Waals surface area contributed by atoms with Gasteiger partial charge in [-0.05, 0) is 18.9 Å². The minimum absolute atomic E-state index is 0.772. The predicted octanol–water partition coefficient (Wildman–Crippen LogP) is 2.84. The van der Waals surface area contributed by atoms with E-state index in [-0.39, 0.29) is 0 Å². The van der Waals surface area contributed by atoms with E-state index in [1.54, 1.807) is 0 Å². The predicted molar refractivity (Wildman–Crippen MR) is 62.7 cm³/mol. The highest BCUT2D eigenvalue weighted by molar-refractivity contribution is 7.11. The molecule has 0 aliphatic carbocycles. The Morgan fingerprint density at radius 3 is 2.86 bits per heavy atom. The molecule has 1 heterocycles. The van der Waals surface area contributed by atoms with Crippen molar-refractivity contribution in [3.05, 3.63) is 16.1 Å². The smallest absolute Gasteiger partial charge is 0.0925 e. The van der Waals surface area contributed by atoms with Crippen molar-refractivity contribution in [2.75, 3.05) is 6.54 Å². The van der Waals surface area contributed by atoms with Gasteiger partial charge in [-0.25, -0.2) is 4.98 Å². The van der Waals surface area contributed by atoms with E-state index in [9.17, 15) is 0 Å². The lowest BCUT2D eigenvalue weighted by atomic mass is 10.1. The summed E-state index contributed by atoms with van der Waals surface area (Å²) in [5, 5.41) is 4.70. The zero-order valence-corrected chi connectivity index (χ0v) is 10.2. The van der Waals surface area contributed by atoms with Gasteiger partial charge < -0.3 is 5.32 Å². The summed E-state index contributed by atoms with van der Waals surface area (Å²) in [5.74, 6) is 0.772. The van der Waals surface area contributed by atoms with Crippen molar-refractivity contribution in [2.24, 2.45) is 5.92 Å². The fraction of sp³-hybridized carbons (Fsp3) is 0.727. The first kappa shape index (κ1) is 11.7. The molecule has 80 valence electrons. The number of aryl methyl sites for hydroxylation is 1. The molecule has 0 saturated heterocycles. The Bertz CT molecular complexity index is 258. The number of nitrogens with zero attached hydrogens (tertiary/aromatic N) is 1. The number of thiazole rings is 1. The topological polar surface area (TPSA) is 24.9 Å². The second-order valence-corrected chi connectivity index (χ2v) is 4.92. The van der Waals surface area contributed by atoms with Crippen LogP contribution in [-0.2, 0) is 13.0 Å². The summed E-state index contributed by atoms with van der Waals surface area (Å²) >= 11 is 1.82. The zero-order chi connectivity index (χ0) is 10.4. The summed E-state index contributed by atoms with van der Waals surface area (Å²) in [6.45, 7) is 8.73. The molecule has 0 radical (unpaired) electrons. The molecule has 0 aliphatic rings. The molecule has 0 saturated carbocycles. The van der Waals surface area contributed by atoms with Gasteiger partial charge in [0.15, 0.2) is 0 Å². The summed E-state index contributed by atoms with van der Waals surface area (Å²) in [6, 6.07) is 0. The standard InChI is InChI=1S/C11H20N2S/c1-4-9(3)6-12-7-10-8-13-11(5-2)14-10/h8-9,12H,4-7H2,1-3H3. The van der Waals surface area contributed by atoms with Crippen LogP contribution in [0.3, 0.4) is 0 Å². The van der Waals surface area contributed by atoms with Crippen LogP contribution in [-0.4, -0.2) is 11.5 Å². The van der Waals surface area contributed by atoms with Gasteiger partial charge in [0.25, 0.3) is 0 Å². The van der Waals surface area contributed by atoms with Crippen molar-refractivity contribution < 1.29 is 0 Å². The Kier molecular flexibility index (Phi) is 5.12. The summed E-state index contributed by atoms with van der Waals surface area (Å²) < 4.78 is 0. The molecule has 0 amide bonds. The molecule has 1 rings (SSSR count). The van der Waals surface area contributed by atoms with Crippen molar-refractivity contribution >= 4 is 11.3 Å². The van der Waals surface area contributed by atoms with E-state index in [2.05, 4.69) is 31.1 Å². The van der Waals surface area contributed by atoms with Crippen LogP contribution >= 0.6 is 11.3 Å². The average molecular weight is 212 g/mol. The maximum atomic E-state index is 4.33. The summed E-state index contributed by atoms with van der Waals surface area (Å²) in [4.78, 5) is 5.68. The van der Waals surface area contributed by atoms with Crippen LogP contribution in [0.4, 0.5) is 0 Å². The lowest BCUT2D eigenvalue weighted by molar-refractivity contribution is 0.501. The molecule has 1 aromatic rings. The molecule has 0 spiro atoms. The molecule has 2 nitrogen and oxygen atoms in total. The molecule has 1 aromatic heterocycles. The Balaban J connectivity index is 2.24. The number of rotatable bonds is 6. The SMILES string of the molecule is CCc1ncc(CNCC(C)CC)s1. The zero-order valence-electron chi connectivity index (χ0n) is 9.34. The quantitative estimate of drug-likeness (QED) is 0.784. The Morgan fingerprint density at radius 1 is 1.50 bits per heavy atom. The van der Waals surface area contributed by atoms with Gasteiger partial charge >= 0.3 is 0 Å². The van der Waals surface area contributed by atoms with Crippen LogP contribution in [0, 0.1) is 5.92 Å². The largest absolute Gasteiger partial charge is 0.312 e. The van der Waals surface area contributed by atoms with Gasteiger partial charge in [-0.2, -0.15) is 0 Å². The summed E-state index contributed by atoms with van der Waals surface area (Å²) in [7, 11) is 0. The third-order valence-corrected chi connectivity index (χ3v) is 3.53. The van der Waals surface area contributed by atoms with Crippen molar-refractivity contribution in [3.8, 4) is 0 Å².